The Bertz CT molecular complexity index is 604. The quantitative estimate of drug-likeness (QED) is 0.771. The van der Waals surface area contributed by atoms with Gasteiger partial charge in [0.05, 0.1) is 12.8 Å². The van der Waals surface area contributed by atoms with Gasteiger partial charge in [-0.2, -0.15) is 0 Å². The van der Waals surface area contributed by atoms with Crippen molar-refractivity contribution in [2.24, 2.45) is 0 Å². The summed E-state index contributed by atoms with van der Waals surface area (Å²) in [5.41, 5.74) is 2.40. The number of hydrogen-bond acceptors (Lipinski definition) is 3. The SMILES string of the molecule is COc1cc(C)nc(COc2ccc(CBr)cc2F)c1. The summed E-state index contributed by atoms with van der Waals surface area (Å²) in [7, 11) is 1.60. The molecule has 0 aliphatic carbocycles. The standard InChI is InChI=1S/C15H15BrFNO2/c1-10-5-13(19-2)7-12(18-10)9-20-15-4-3-11(8-16)6-14(15)17/h3-7H,8-9H2,1-2H3. The Hall–Kier alpha value is -1.62. The Morgan fingerprint density at radius 3 is 2.70 bits per heavy atom. The molecule has 0 fully saturated rings. The minimum Gasteiger partial charge on any atom is -0.497 e. The van der Waals surface area contributed by atoms with Crippen LogP contribution in [0.3, 0.4) is 0 Å². The molecule has 0 bridgehead atoms. The lowest BCUT2D eigenvalue weighted by molar-refractivity contribution is 0.284. The third kappa shape index (κ3) is 3.70. The highest BCUT2D eigenvalue weighted by atomic mass is 79.9. The zero-order valence-corrected chi connectivity index (χ0v) is 12.9. The van der Waals surface area contributed by atoms with E-state index in [1.165, 1.54) is 6.07 Å². The smallest absolute Gasteiger partial charge is 0.165 e. The number of halogens is 2. The van der Waals surface area contributed by atoms with Gasteiger partial charge in [-0.1, -0.05) is 22.0 Å². The molecule has 1 heterocycles. The average molecular weight is 340 g/mol. The lowest BCUT2D eigenvalue weighted by Gasteiger charge is -2.09. The van der Waals surface area contributed by atoms with Crippen LogP contribution in [0.15, 0.2) is 30.3 Å². The lowest BCUT2D eigenvalue weighted by atomic mass is 10.2. The zero-order valence-electron chi connectivity index (χ0n) is 11.3. The van der Waals surface area contributed by atoms with E-state index in [1.54, 1.807) is 19.2 Å². The van der Waals surface area contributed by atoms with E-state index in [-0.39, 0.29) is 18.2 Å². The summed E-state index contributed by atoms with van der Waals surface area (Å²) in [5.74, 6) is 0.560. The van der Waals surface area contributed by atoms with E-state index in [9.17, 15) is 4.39 Å². The Morgan fingerprint density at radius 2 is 2.05 bits per heavy atom. The molecule has 1 aromatic heterocycles. The summed E-state index contributed by atoms with van der Waals surface area (Å²) in [6.07, 6.45) is 0. The van der Waals surface area contributed by atoms with Gasteiger partial charge in [-0.15, -0.1) is 0 Å². The molecule has 0 amide bonds. The van der Waals surface area contributed by atoms with Crippen LogP contribution in [0.4, 0.5) is 4.39 Å². The van der Waals surface area contributed by atoms with Gasteiger partial charge in [0.1, 0.15) is 12.4 Å². The van der Waals surface area contributed by atoms with Crippen molar-refractivity contribution in [2.75, 3.05) is 7.11 Å². The first-order valence-electron chi connectivity index (χ1n) is 6.11. The predicted molar refractivity (Wildman–Crippen MR) is 78.9 cm³/mol. The van der Waals surface area contributed by atoms with Gasteiger partial charge < -0.3 is 9.47 Å². The van der Waals surface area contributed by atoms with Gasteiger partial charge in [0.2, 0.25) is 0 Å². The van der Waals surface area contributed by atoms with E-state index in [0.29, 0.717) is 16.8 Å². The Balaban J connectivity index is 2.10. The summed E-state index contributed by atoms with van der Waals surface area (Å²) >= 11 is 3.28. The van der Waals surface area contributed by atoms with Crippen molar-refractivity contribution in [3.8, 4) is 11.5 Å². The van der Waals surface area contributed by atoms with Crippen LogP contribution in [0, 0.1) is 12.7 Å². The van der Waals surface area contributed by atoms with Gasteiger partial charge in [0, 0.05) is 23.2 Å². The molecular formula is C15H15BrFNO2. The van der Waals surface area contributed by atoms with Crippen molar-refractivity contribution in [1.29, 1.82) is 0 Å². The molecule has 2 rings (SSSR count). The summed E-state index contributed by atoms with van der Waals surface area (Å²) in [5, 5.41) is 0.612. The summed E-state index contributed by atoms with van der Waals surface area (Å²) in [6, 6.07) is 8.50. The summed E-state index contributed by atoms with van der Waals surface area (Å²) in [4.78, 5) is 4.33. The van der Waals surface area contributed by atoms with Gasteiger partial charge in [-0.05, 0) is 24.6 Å². The van der Waals surface area contributed by atoms with Gasteiger partial charge in [0.25, 0.3) is 0 Å². The maximum absolute atomic E-state index is 13.8. The van der Waals surface area contributed by atoms with Crippen molar-refractivity contribution in [2.45, 2.75) is 18.9 Å². The molecule has 0 unspecified atom stereocenters. The zero-order chi connectivity index (χ0) is 14.5. The fourth-order valence-electron chi connectivity index (χ4n) is 1.79. The number of rotatable bonds is 5. The number of pyridine rings is 1. The number of ether oxygens (including phenoxy) is 2. The molecule has 1 aromatic carbocycles. The fourth-order valence-corrected chi connectivity index (χ4v) is 2.14. The van der Waals surface area contributed by atoms with Crippen LogP contribution in [0.25, 0.3) is 0 Å². The van der Waals surface area contributed by atoms with E-state index < -0.39 is 0 Å². The number of aromatic nitrogens is 1. The van der Waals surface area contributed by atoms with E-state index in [4.69, 9.17) is 9.47 Å². The van der Waals surface area contributed by atoms with Gasteiger partial charge in [-0.25, -0.2) is 4.39 Å². The fraction of sp³-hybridized carbons (Fsp3) is 0.267. The first-order chi connectivity index (χ1) is 9.62. The van der Waals surface area contributed by atoms with Gasteiger partial charge in [-0.3, -0.25) is 4.98 Å². The number of methoxy groups -OCH3 is 1. The second kappa shape index (κ2) is 6.70. The summed E-state index contributed by atoms with van der Waals surface area (Å²) < 4.78 is 24.4. The van der Waals surface area contributed by atoms with Crippen LogP contribution < -0.4 is 9.47 Å². The Kier molecular flexibility index (Phi) is 4.95. The predicted octanol–water partition coefficient (Wildman–Crippen LogP) is 4.01. The van der Waals surface area contributed by atoms with E-state index in [0.717, 1.165) is 11.3 Å². The summed E-state index contributed by atoms with van der Waals surface area (Å²) in [6.45, 7) is 2.07. The molecule has 2 aromatic rings. The monoisotopic (exact) mass is 339 g/mol. The van der Waals surface area contributed by atoms with Crippen molar-refractivity contribution in [3.63, 3.8) is 0 Å². The highest BCUT2D eigenvalue weighted by molar-refractivity contribution is 9.08. The lowest BCUT2D eigenvalue weighted by Crippen LogP contribution is -2.02. The molecule has 0 N–H and O–H groups in total. The highest BCUT2D eigenvalue weighted by Crippen LogP contribution is 2.21. The van der Waals surface area contributed by atoms with Crippen molar-refractivity contribution in [1.82, 2.24) is 4.98 Å². The number of aryl methyl sites for hydroxylation is 1. The van der Waals surface area contributed by atoms with Crippen LogP contribution in [-0.2, 0) is 11.9 Å². The Labute approximate surface area is 125 Å². The maximum Gasteiger partial charge on any atom is 0.165 e. The molecule has 0 radical (unpaired) electrons. The number of nitrogens with zero attached hydrogens (tertiary/aromatic N) is 1. The van der Waals surface area contributed by atoms with Crippen molar-refractivity contribution < 1.29 is 13.9 Å². The normalized spacial score (nSPS) is 10.4. The van der Waals surface area contributed by atoms with Crippen LogP contribution in [0.5, 0.6) is 11.5 Å². The van der Waals surface area contributed by atoms with E-state index in [1.807, 2.05) is 19.1 Å². The Morgan fingerprint density at radius 1 is 1.25 bits per heavy atom. The molecular weight excluding hydrogens is 325 g/mol. The van der Waals surface area contributed by atoms with Crippen LogP contribution in [0.1, 0.15) is 17.0 Å². The molecule has 3 nitrogen and oxygen atoms in total. The van der Waals surface area contributed by atoms with Crippen molar-refractivity contribution >= 4 is 15.9 Å². The first kappa shape index (κ1) is 14.8. The van der Waals surface area contributed by atoms with E-state index >= 15 is 0 Å². The molecule has 5 heteroatoms. The maximum atomic E-state index is 13.8. The second-order valence-electron chi connectivity index (χ2n) is 4.33. The average Bonchev–Trinajstić information content (AvgIpc) is 2.45. The second-order valence-corrected chi connectivity index (χ2v) is 4.89. The molecule has 106 valence electrons. The van der Waals surface area contributed by atoms with Gasteiger partial charge >= 0.3 is 0 Å². The van der Waals surface area contributed by atoms with Crippen LogP contribution in [0.2, 0.25) is 0 Å². The van der Waals surface area contributed by atoms with Crippen LogP contribution in [-0.4, -0.2) is 12.1 Å². The molecule has 0 aliphatic heterocycles. The molecule has 0 spiro atoms. The number of benzene rings is 1. The van der Waals surface area contributed by atoms with Gasteiger partial charge in [0.15, 0.2) is 11.6 Å². The topological polar surface area (TPSA) is 31.4 Å². The molecule has 0 saturated carbocycles. The number of hydrogen-bond donors (Lipinski definition) is 0. The van der Waals surface area contributed by atoms with Crippen molar-refractivity contribution in [3.05, 3.63) is 53.1 Å². The molecule has 0 aliphatic rings. The molecule has 20 heavy (non-hydrogen) atoms. The van der Waals surface area contributed by atoms with Crippen LogP contribution >= 0.6 is 15.9 Å². The number of alkyl halides is 1. The third-order valence-corrected chi connectivity index (χ3v) is 3.39. The minimum absolute atomic E-state index is 0.197. The highest BCUT2D eigenvalue weighted by Gasteiger charge is 2.06. The van der Waals surface area contributed by atoms with E-state index in [2.05, 4.69) is 20.9 Å². The first-order valence-corrected chi connectivity index (χ1v) is 7.23. The minimum atomic E-state index is -0.374. The largest absolute Gasteiger partial charge is 0.497 e. The third-order valence-electron chi connectivity index (χ3n) is 2.74. The molecule has 0 saturated heterocycles. The molecule has 0 atom stereocenters.